The molecular formula is C20H21BrN2O5. The Hall–Kier alpha value is -2.58. The summed E-state index contributed by atoms with van der Waals surface area (Å²) in [6, 6.07) is 10.4. The van der Waals surface area contributed by atoms with E-state index in [9.17, 15) is 9.59 Å². The van der Waals surface area contributed by atoms with Crippen molar-refractivity contribution >= 4 is 39.2 Å². The number of carbonyl (C=O) groups excluding carboxylic acids is 2. The number of benzene rings is 2. The number of ether oxygens (including phenoxy) is 3. The number of hydrogen-bond donors (Lipinski definition) is 1. The van der Waals surface area contributed by atoms with Crippen LogP contribution in [0.5, 0.6) is 5.75 Å². The first-order chi connectivity index (χ1) is 13.5. The molecule has 1 fully saturated rings. The van der Waals surface area contributed by atoms with Crippen LogP contribution in [0, 0.1) is 0 Å². The average molecular weight is 449 g/mol. The molecule has 0 bridgehead atoms. The summed E-state index contributed by atoms with van der Waals surface area (Å²) >= 11 is 3.36. The number of hydrogen-bond acceptors (Lipinski definition) is 6. The normalized spacial score (nSPS) is 13.8. The molecule has 0 spiro atoms. The fourth-order valence-corrected chi connectivity index (χ4v) is 3.38. The number of esters is 1. The Kier molecular flexibility index (Phi) is 6.53. The second-order valence-corrected chi connectivity index (χ2v) is 7.04. The van der Waals surface area contributed by atoms with E-state index in [1.54, 1.807) is 30.3 Å². The quantitative estimate of drug-likeness (QED) is 0.706. The molecule has 2 aromatic carbocycles. The number of anilines is 2. The molecule has 1 amide bonds. The zero-order chi connectivity index (χ0) is 20.1. The molecule has 8 heteroatoms. The van der Waals surface area contributed by atoms with Gasteiger partial charge in [0.2, 0.25) is 0 Å². The van der Waals surface area contributed by atoms with Gasteiger partial charge in [-0.05, 0) is 36.4 Å². The molecule has 2 aromatic rings. The maximum Gasteiger partial charge on any atom is 0.340 e. The molecule has 1 heterocycles. The third-order valence-corrected chi connectivity index (χ3v) is 4.91. The van der Waals surface area contributed by atoms with Crippen LogP contribution in [0.4, 0.5) is 11.4 Å². The van der Waals surface area contributed by atoms with Gasteiger partial charge in [0.05, 0.1) is 44.2 Å². The zero-order valence-corrected chi connectivity index (χ0v) is 17.2. The van der Waals surface area contributed by atoms with E-state index in [2.05, 4.69) is 26.1 Å². The molecule has 1 saturated heterocycles. The number of rotatable bonds is 5. The number of carbonyl (C=O) groups is 2. The van der Waals surface area contributed by atoms with Crippen molar-refractivity contribution in [2.75, 3.05) is 50.7 Å². The van der Waals surface area contributed by atoms with E-state index in [1.807, 2.05) is 6.07 Å². The lowest BCUT2D eigenvalue weighted by molar-refractivity contribution is 0.0600. The summed E-state index contributed by atoms with van der Waals surface area (Å²) in [5, 5.41) is 2.82. The molecule has 1 aliphatic heterocycles. The van der Waals surface area contributed by atoms with Crippen LogP contribution in [-0.4, -0.2) is 52.4 Å². The maximum atomic E-state index is 12.7. The number of nitrogens with one attached hydrogen (secondary N) is 1. The fourth-order valence-electron chi connectivity index (χ4n) is 3.02. The summed E-state index contributed by atoms with van der Waals surface area (Å²) in [6.07, 6.45) is 0. The van der Waals surface area contributed by atoms with Gasteiger partial charge in [-0.25, -0.2) is 4.79 Å². The van der Waals surface area contributed by atoms with Crippen molar-refractivity contribution in [1.29, 1.82) is 0 Å². The molecule has 7 nitrogen and oxygen atoms in total. The van der Waals surface area contributed by atoms with E-state index in [-0.39, 0.29) is 5.91 Å². The summed E-state index contributed by atoms with van der Waals surface area (Å²) in [7, 11) is 2.84. The Bertz CT molecular complexity index is 881. The molecule has 1 aliphatic rings. The van der Waals surface area contributed by atoms with Crippen molar-refractivity contribution in [2.24, 2.45) is 0 Å². The standard InChI is InChI=1S/C20H21BrN2O5/c1-26-18-6-3-13(21)11-16(18)19(24)22-14-4-5-17(15(12-14)20(25)27-2)23-7-9-28-10-8-23/h3-6,11-12H,7-10H2,1-2H3,(H,22,24). The van der Waals surface area contributed by atoms with E-state index in [4.69, 9.17) is 14.2 Å². The van der Waals surface area contributed by atoms with Gasteiger partial charge in [0.1, 0.15) is 5.75 Å². The van der Waals surface area contributed by atoms with Crippen molar-refractivity contribution in [3.05, 3.63) is 52.0 Å². The SMILES string of the molecule is COC(=O)c1cc(NC(=O)c2cc(Br)ccc2OC)ccc1N1CCOCC1. The number of halogens is 1. The largest absolute Gasteiger partial charge is 0.496 e. The van der Waals surface area contributed by atoms with E-state index in [1.165, 1.54) is 14.2 Å². The van der Waals surface area contributed by atoms with Crippen LogP contribution in [0.1, 0.15) is 20.7 Å². The molecule has 148 valence electrons. The molecule has 3 rings (SSSR count). The van der Waals surface area contributed by atoms with Gasteiger partial charge >= 0.3 is 5.97 Å². The first kappa shape index (κ1) is 20.2. The minimum atomic E-state index is -0.461. The predicted octanol–water partition coefficient (Wildman–Crippen LogP) is 3.33. The van der Waals surface area contributed by atoms with Crippen LogP contribution in [0.3, 0.4) is 0 Å². The number of methoxy groups -OCH3 is 2. The summed E-state index contributed by atoms with van der Waals surface area (Å²) in [4.78, 5) is 27.1. The number of amides is 1. The highest BCUT2D eigenvalue weighted by molar-refractivity contribution is 9.10. The van der Waals surface area contributed by atoms with Gasteiger partial charge in [0.25, 0.3) is 5.91 Å². The first-order valence-corrected chi connectivity index (χ1v) is 9.52. The summed E-state index contributed by atoms with van der Waals surface area (Å²) in [5.74, 6) is -0.343. The van der Waals surface area contributed by atoms with Crippen LogP contribution < -0.4 is 15.0 Å². The van der Waals surface area contributed by atoms with Crippen molar-refractivity contribution in [1.82, 2.24) is 0 Å². The van der Waals surface area contributed by atoms with Crippen LogP contribution >= 0.6 is 15.9 Å². The fraction of sp³-hybridized carbons (Fsp3) is 0.300. The van der Waals surface area contributed by atoms with Gasteiger partial charge in [-0.3, -0.25) is 4.79 Å². The monoisotopic (exact) mass is 448 g/mol. The maximum absolute atomic E-state index is 12.7. The minimum Gasteiger partial charge on any atom is -0.496 e. The smallest absolute Gasteiger partial charge is 0.340 e. The Labute approximate surface area is 171 Å². The highest BCUT2D eigenvalue weighted by Crippen LogP contribution is 2.28. The van der Waals surface area contributed by atoms with Crippen LogP contribution in [0.15, 0.2) is 40.9 Å². The van der Waals surface area contributed by atoms with E-state index in [0.717, 1.165) is 10.2 Å². The number of nitrogens with zero attached hydrogens (tertiary/aromatic N) is 1. The van der Waals surface area contributed by atoms with Crippen molar-refractivity contribution < 1.29 is 23.8 Å². The molecule has 0 aromatic heterocycles. The zero-order valence-electron chi connectivity index (χ0n) is 15.7. The first-order valence-electron chi connectivity index (χ1n) is 8.73. The van der Waals surface area contributed by atoms with Crippen molar-refractivity contribution in [2.45, 2.75) is 0 Å². The van der Waals surface area contributed by atoms with Gasteiger partial charge in [0.15, 0.2) is 0 Å². The molecule has 0 aliphatic carbocycles. The highest BCUT2D eigenvalue weighted by atomic mass is 79.9. The Morgan fingerprint density at radius 3 is 2.50 bits per heavy atom. The highest BCUT2D eigenvalue weighted by Gasteiger charge is 2.21. The molecule has 1 N–H and O–H groups in total. The van der Waals surface area contributed by atoms with Gasteiger partial charge < -0.3 is 24.4 Å². The Balaban J connectivity index is 1.89. The van der Waals surface area contributed by atoms with E-state index >= 15 is 0 Å². The lowest BCUT2D eigenvalue weighted by Crippen LogP contribution is -2.37. The lowest BCUT2D eigenvalue weighted by Gasteiger charge is -2.30. The average Bonchev–Trinajstić information content (AvgIpc) is 2.73. The second-order valence-electron chi connectivity index (χ2n) is 6.12. The summed E-state index contributed by atoms with van der Waals surface area (Å²) in [6.45, 7) is 2.57. The summed E-state index contributed by atoms with van der Waals surface area (Å²) in [5.41, 5.74) is 2.02. The van der Waals surface area contributed by atoms with Crippen LogP contribution in [0.25, 0.3) is 0 Å². The van der Waals surface area contributed by atoms with E-state index in [0.29, 0.717) is 48.9 Å². The van der Waals surface area contributed by atoms with Crippen LogP contribution in [-0.2, 0) is 9.47 Å². The predicted molar refractivity (Wildman–Crippen MR) is 109 cm³/mol. The van der Waals surface area contributed by atoms with Gasteiger partial charge in [-0.15, -0.1) is 0 Å². The molecule has 28 heavy (non-hydrogen) atoms. The summed E-state index contributed by atoms with van der Waals surface area (Å²) < 4.78 is 16.3. The minimum absolute atomic E-state index is 0.340. The molecular weight excluding hydrogens is 428 g/mol. The second kappa shape index (κ2) is 9.07. The van der Waals surface area contributed by atoms with Crippen molar-refractivity contribution in [3.8, 4) is 5.75 Å². The molecule has 0 saturated carbocycles. The molecule has 0 atom stereocenters. The van der Waals surface area contributed by atoms with Gasteiger partial charge in [0, 0.05) is 23.2 Å². The Morgan fingerprint density at radius 1 is 1.07 bits per heavy atom. The molecule has 0 radical (unpaired) electrons. The number of morpholine rings is 1. The van der Waals surface area contributed by atoms with Crippen LogP contribution in [0.2, 0.25) is 0 Å². The van der Waals surface area contributed by atoms with Crippen molar-refractivity contribution in [3.63, 3.8) is 0 Å². The van der Waals surface area contributed by atoms with Gasteiger partial charge in [-0.2, -0.15) is 0 Å². The molecule has 0 unspecified atom stereocenters. The lowest BCUT2D eigenvalue weighted by atomic mass is 10.1. The third-order valence-electron chi connectivity index (χ3n) is 4.42. The van der Waals surface area contributed by atoms with E-state index < -0.39 is 5.97 Å². The Morgan fingerprint density at radius 2 is 1.82 bits per heavy atom. The van der Waals surface area contributed by atoms with Gasteiger partial charge in [-0.1, -0.05) is 15.9 Å². The topological polar surface area (TPSA) is 77.1 Å². The third kappa shape index (κ3) is 4.45.